The molecular formula is C18H17ClO2S. The first kappa shape index (κ1) is 16.8. The molecule has 1 atom stereocenters. The van der Waals surface area contributed by atoms with Crippen LogP contribution < -0.4 is 0 Å². The number of benzene rings is 2. The Labute approximate surface area is 139 Å². The van der Waals surface area contributed by atoms with Gasteiger partial charge in [-0.3, -0.25) is 9.59 Å². The molecule has 0 saturated carbocycles. The molecule has 0 N–H and O–H groups in total. The number of halogens is 1. The molecule has 0 fully saturated rings. The lowest BCUT2D eigenvalue weighted by Crippen LogP contribution is -2.15. The fourth-order valence-corrected chi connectivity index (χ4v) is 3.12. The second-order valence-electron chi connectivity index (χ2n) is 5.07. The first-order valence-corrected chi connectivity index (χ1v) is 8.39. The van der Waals surface area contributed by atoms with E-state index < -0.39 is 0 Å². The Balaban J connectivity index is 2.06. The molecule has 22 heavy (non-hydrogen) atoms. The third-order valence-electron chi connectivity index (χ3n) is 3.35. The molecule has 0 aliphatic rings. The number of hydrogen-bond acceptors (Lipinski definition) is 3. The van der Waals surface area contributed by atoms with Gasteiger partial charge in [0.2, 0.25) is 5.24 Å². The summed E-state index contributed by atoms with van der Waals surface area (Å²) in [5.41, 5.74) is 3.34. The summed E-state index contributed by atoms with van der Waals surface area (Å²) in [5.74, 6) is 0.0936. The standard InChI is InChI=1S/C18H17ClO2S/c1-13(20)22-12-17(18(19)21)11-14-7-9-16(10-8-14)15-5-3-2-4-6-15/h2-10,17H,11-12H2,1H3. The van der Waals surface area contributed by atoms with Crippen LogP contribution in [0.1, 0.15) is 12.5 Å². The van der Waals surface area contributed by atoms with Crippen LogP contribution in [0.15, 0.2) is 54.6 Å². The molecule has 2 rings (SSSR count). The third-order valence-corrected chi connectivity index (χ3v) is 4.64. The molecule has 114 valence electrons. The first-order chi connectivity index (χ1) is 10.6. The lowest BCUT2D eigenvalue weighted by atomic mass is 9.99. The summed E-state index contributed by atoms with van der Waals surface area (Å²) in [6.45, 7) is 1.50. The summed E-state index contributed by atoms with van der Waals surface area (Å²) in [5, 5.41) is -0.386. The highest BCUT2D eigenvalue weighted by Crippen LogP contribution is 2.22. The Morgan fingerprint density at radius 3 is 2.14 bits per heavy atom. The van der Waals surface area contributed by atoms with Crippen molar-refractivity contribution in [2.24, 2.45) is 5.92 Å². The molecule has 0 saturated heterocycles. The average Bonchev–Trinajstić information content (AvgIpc) is 2.52. The topological polar surface area (TPSA) is 34.1 Å². The highest BCUT2D eigenvalue weighted by molar-refractivity contribution is 8.13. The van der Waals surface area contributed by atoms with Crippen LogP contribution in [0, 0.1) is 5.92 Å². The summed E-state index contributed by atoms with van der Waals surface area (Å²) < 4.78 is 0. The van der Waals surface area contributed by atoms with E-state index in [4.69, 9.17) is 11.6 Å². The predicted octanol–water partition coefficient (Wildman–Crippen LogP) is 4.56. The van der Waals surface area contributed by atoms with E-state index in [0.717, 1.165) is 28.5 Å². The number of carbonyl (C=O) groups excluding carboxylic acids is 2. The number of thioether (sulfide) groups is 1. The van der Waals surface area contributed by atoms with Gasteiger partial charge in [-0.05, 0) is 34.7 Å². The molecule has 2 nitrogen and oxygen atoms in total. The van der Waals surface area contributed by atoms with E-state index in [1.807, 2.05) is 42.5 Å². The molecule has 1 unspecified atom stereocenters. The monoisotopic (exact) mass is 332 g/mol. The minimum atomic E-state index is -0.388. The van der Waals surface area contributed by atoms with Gasteiger partial charge >= 0.3 is 0 Å². The second kappa shape index (κ2) is 8.16. The van der Waals surface area contributed by atoms with Gasteiger partial charge in [-0.1, -0.05) is 66.4 Å². The van der Waals surface area contributed by atoms with E-state index in [0.29, 0.717) is 12.2 Å². The van der Waals surface area contributed by atoms with Crippen LogP contribution in [0.5, 0.6) is 0 Å². The minimum absolute atomic E-state index is 0.00217. The van der Waals surface area contributed by atoms with Gasteiger partial charge in [0.25, 0.3) is 0 Å². The minimum Gasteiger partial charge on any atom is -0.288 e. The molecule has 0 aromatic heterocycles. The number of carbonyl (C=O) groups is 2. The molecule has 0 aliphatic heterocycles. The van der Waals surface area contributed by atoms with E-state index in [-0.39, 0.29) is 16.3 Å². The van der Waals surface area contributed by atoms with Crippen LogP contribution in [-0.4, -0.2) is 16.1 Å². The maximum atomic E-state index is 11.5. The normalized spacial score (nSPS) is 11.9. The Bertz CT molecular complexity index is 638. The molecule has 2 aromatic rings. The molecule has 0 radical (unpaired) electrons. The Kier molecular flexibility index (Phi) is 6.22. The lowest BCUT2D eigenvalue weighted by molar-refractivity contribution is -0.114. The van der Waals surface area contributed by atoms with Gasteiger partial charge in [0, 0.05) is 18.6 Å². The van der Waals surface area contributed by atoms with Crippen molar-refractivity contribution in [1.82, 2.24) is 0 Å². The lowest BCUT2D eigenvalue weighted by Gasteiger charge is -2.12. The molecule has 4 heteroatoms. The van der Waals surface area contributed by atoms with Gasteiger partial charge in [0.15, 0.2) is 5.12 Å². The van der Waals surface area contributed by atoms with Crippen LogP contribution in [-0.2, 0) is 16.0 Å². The molecule has 0 aliphatic carbocycles. The van der Waals surface area contributed by atoms with Crippen molar-refractivity contribution < 1.29 is 9.59 Å². The zero-order chi connectivity index (χ0) is 15.9. The van der Waals surface area contributed by atoms with E-state index >= 15 is 0 Å². The largest absolute Gasteiger partial charge is 0.288 e. The van der Waals surface area contributed by atoms with Gasteiger partial charge in [0.05, 0.1) is 0 Å². The van der Waals surface area contributed by atoms with Crippen LogP contribution >= 0.6 is 23.4 Å². The first-order valence-electron chi connectivity index (χ1n) is 7.03. The van der Waals surface area contributed by atoms with E-state index in [9.17, 15) is 9.59 Å². The molecule has 0 spiro atoms. The van der Waals surface area contributed by atoms with Gasteiger partial charge in [-0.15, -0.1) is 0 Å². The molecule has 2 aromatic carbocycles. The van der Waals surface area contributed by atoms with E-state index in [1.165, 1.54) is 6.92 Å². The van der Waals surface area contributed by atoms with Gasteiger partial charge in [-0.2, -0.15) is 0 Å². The zero-order valence-corrected chi connectivity index (χ0v) is 13.9. The van der Waals surface area contributed by atoms with Gasteiger partial charge < -0.3 is 0 Å². The highest BCUT2D eigenvalue weighted by Gasteiger charge is 2.18. The van der Waals surface area contributed by atoms with Gasteiger partial charge in [-0.25, -0.2) is 0 Å². The summed E-state index contributed by atoms with van der Waals surface area (Å²) in [6, 6.07) is 18.2. The Hall–Kier alpha value is -1.58. The summed E-state index contributed by atoms with van der Waals surface area (Å²) in [6.07, 6.45) is 0.553. The average molecular weight is 333 g/mol. The summed E-state index contributed by atoms with van der Waals surface area (Å²) in [7, 11) is 0. The molecular weight excluding hydrogens is 316 g/mol. The van der Waals surface area contributed by atoms with Crippen LogP contribution in [0.4, 0.5) is 0 Å². The van der Waals surface area contributed by atoms with Crippen molar-refractivity contribution in [3.63, 3.8) is 0 Å². The third kappa shape index (κ3) is 5.00. The van der Waals surface area contributed by atoms with Crippen LogP contribution in [0.2, 0.25) is 0 Å². The van der Waals surface area contributed by atoms with Crippen molar-refractivity contribution in [1.29, 1.82) is 0 Å². The van der Waals surface area contributed by atoms with Crippen LogP contribution in [0.25, 0.3) is 11.1 Å². The Morgan fingerprint density at radius 1 is 1.00 bits per heavy atom. The number of rotatable bonds is 6. The van der Waals surface area contributed by atoms with Crippen molar-refractivity contribution in [3.8, 4) is 11.1 Å². The number of hydrogen-bond donors (Lipinski definition) is 0. The van der Waals surface area contributed by atoms with Crippen molar-refractivity contribution in [2.75, 3.05) is 5.75 Å². The fourth-order valence-electron chi connectivity index (χ4n) is 2.17. The fraction of sp³-hybridized carbons (Fsp3) is 0.222. The highest BCUT2D eigenvalue weighted by atomic mass is 35.5. The van der Waals surface area contributed by atoms with E-state index in [2.05, 4.69) is 12.1 Å². The molecule has 0 bridgehead atoms. The Morgan fingerprint density at radius 2 is 1.59 bits per heavy atom. The predicted molar refractivity (Wildman–Crippen MR) is 93.1 cm³/mol. The second-order valence-corrected chi connectivity index (χ2v) is 6.64. The summed E-state index contributed by atoms with van der Waals surface area (Å²) in [4.78, 5) is 22.5. The molecule has 0 heterocycles. The quantitative estimate of drug-likeness (QED) is 0.727. The zero-order valence-electron chi connectivity index (χ0n) is 12.3. The van der Waals surface area contributed by atoms with E-state index in [1.54, 1.807) is 0 Å². The maximum Gasteiger partial charge on any atom is 0.225 e. The molecule has 0 amide bonds. The van der Waals surface area contributed by atoms with Crippen molar-refractivity contribution >= 4 is 33.7 Å². The van der Waals surface area contributed by atoms with Crippen molar-refractivity contribution in [3.05, 3.63) is 60.2 Å². The van der Waals surface area contributed by atoms with Crippen molar-refractivity contribution in [2.45, 2.75) is 13.3 Å². The van der Waals surface area contributed by atoms with Crippen LogP contribution in [0.3, 0.4) is 0 Å². The van der Waals surface area contributed by atoms with Gasteiger partial charge in [0.1, 0.15) is 0 Å². The maximum absolute atomic E-state index is 11.5. The summed E-state index contributed by atoms with van der Waals surface area (Å²) >= 11 is 6.78. The SMILES string of the molecule is CC(=O)SCC(Cc1ccc(-c2ccccc2)cc1)C(=O)Cl. The smallest absolute Gasteiger partial charge is 0.225 e.